The average molecular weight is 313 g/mol. The molecular formula is C18H19NO4. The van der Waals surface area contributed by atoms with Crippen LogP contribution in [-0.4, -0.2) is 18.3 Å². The molecule has 5 heteroatoms. The standard InChI is InChI=1S/C18H19NO4/c1-14(23-17(20)12-15-8-4-2-5-9-15)19-18(21)22-13-16-10-6-3-7-11-16/h2-11,14H,12-13H2,1H3,(H,19,21). The molecule has 1 N–H and O–H groups in total. The van der Waals surface area contributed by atoms with Gasteiger partial charge in [-0.05, 0) is 18.1 Å². The van der Waals surface area contributed by atoms with Gasteiger partial charge in [0, 0.05) is 0 Å². The van der Waals surface area contributed by atoms with E-state index in [9.17, 15) is 9.59 Å². The quantitative estimate of drug-likeness (QED) is 0.657. The summed E-state index contributed by atoms with van der Waals surface area (Å²) in [6.07, 6.45) is -1.23. The lowest BCUT2D eigenvalue weighted by Gasteiger charge is -2.15. The van der Waals surface area contributed by atoms with Crippen molar-refractivity contribution in [3.63, 3.8) is 0 Å². The molecule has 0 aliphatic heterocycles. The number of ether oxygens (including phenoxy) is 2. The molecule has 2 aromatic carbocycles. The normalized spacial score (nSPS) is 11.3. The van der Waals surface area contributed by atoms with Crippen molar-refractivity contribution in [2.24, 2.45) is 0 Å². The Bertz CT molecular complexity index is 628. The largest absolute Gasteiger partial charge is 0.445 e. The molecule has 0 saturated heterocycles. The lowest BCUT2D eigenvalue weighted by atomic mass is 10.2. The fourth-order valence-corrected chi connectivity index (χ4v) is 1.96. The van der Waals surface area contributed by atoms with Crippen LogP contribution in [0.5, 0.6) is 0 Å². The first-order valence-corrected chi connectivity index (χ1v) is 7.34. The van der Waals surface area contributed by atoms with Crippen molar-refractivity contribution in [3.05, 3.63) is 71.8 Å². The van der Waals surface area contributed by atoms with Crippen molar-refractivity contribution in [2.75, 3.05) is 0 Å². The third-order valence-corrected chi connectivity index (χ3v) is 3.03. The molecule has 0 radical (unpaired) electrons. The van der Waals surface area contributed by atoms with E-state index in [2.05, 4.69) is 5.32 Å². The monoisotopic (exact) mass is 313 g/mol. The van der Waals surface area contributed by atoms with Gasteiger partial charge in [0.2, 0.25) is 0 Å². The van der Waals surface area contributed by atoms with Crippen LogP contribution >= 0.6 is 0 Å². The molecule has 0 fully saturated rings. The van der Waals surface area contributed by atoms with Crippen LogP contribution in [0.4, 0.5) is 4.79 Å². The highest BCUT2D eigenvalue weighted by Crippen LogP contribution is 2.03. The first-order valence-electron chi connectivity index (χ1n) is 7.34. The van der Waals surface area contributed by atoms with Gasteiger partial charge in [-0.15, -0.1) is 0 Å². The van der Waals surface area contributed by atoms with E-state index >= 15 is 0 Å². The highest BCUT2D eigenvalue weighted by atomic mass is 16.6. The van der Waals surface area contributed by atoms with E-state index in [1.165, 1.54) is 0 Å². The van der Waals surface area contributed by atoms with Crippen LogP contribution in [0, 0.1) is 0 Å². The van der Waals surface area contributed by atoms with Crippen molar-refractivity contribution >= 4 is 12.1 Å². The molecule has 0 heterocycles. The van der Waals surface area contributed by atoms with E-state index in [0.717, 1.165) is 11.1 Å². The average Bonchev–Trinajstić information content (AvgIpc) is 2.54. The minimum Gasteiger partial charge on any atom is -0.445 e. The van der Waals surface area contributed by atoms with Gasteiger partial charge in [0.15, 0.2) is 6.23 Å². The maximum Gasteiger partial charge on any atom is 0.410 e. The minimum atomic E-state index is -0.755. The number of hydrogen-bond acceptors (Lipinski definition) is 4. The van der Waals surface area contributed by atoms with E-state index < -0.39 is 18.3 Å². The lowest BCUT2D eigenvalue weighted by Crippen LogP contribution is -2.36. The van der Waals surface area contributed by atoms with Crippen LogP contribution in [0.1, 0.15) is 18.1 Å². The predicted molar refractivity (Wildman–Crippen MR) is 85.5 cm³/mol. The summed E-state index contributed by atoms with van der Waals surface area (Å²) in [5.74, 6) is -0.410. The number of carbonyl (C=O) groups is 2. The molecule has 5 nitrogen and oxygen atoms in total. The Balaban J connectivity index is 1.70. The van der Waals surface area contributed by atoms with E-state index in [1.54, 1.807) is 6.92 Å². The number of alkyl carbamates (subject to hydrolysis) is 1. The second-order valence-corrected chi connectivity index (χ2v) is 5.00. The fourth-order valence-electron chi connectivity index (χ4n) is 1.96. The molecule has 0 aliphatic rings. The summed E-state index contributed by atoms with van der Waals surface area (Å²) in [5, 5.41) is 2.46. The number of nitrogens with one attached hydrogen (secondary N) is 1. The minimum absolute atomic E-state index is 0.159. The zero-order chi connectivity index (χ0) is 16.5. The highest BCUT2D eigenvalue weighted by molar-refractivity contribution is 5.73. The number of carbonyl (C=O) groups excluding carboxylic acids is 2. The summed E-state index contributed by atoms with van der Waals surface area (Å²) in [6.45, 7) is 1.74. The van der Waals surface area contributed by atoms with Crippen molar-refractivity contribution < 1.29 is 19.1 Å². The zero-order valence-corrected chi connectivity index (χ0v) is 12.9. The summed E-state index contributed by atoms with van der Waals surface area (Å²) in [7, 11) is 0. The fraction of sp³-hybridized carbons (Fsp3) is 0.222. The maximum atomic E-state index is 11.8. The Labute approximate surface area is 135 Å². The van der Waals surface area contributed by atoms with Crippen LogP contribution in [0.3, 0.4) is 0 Å². The molecule has 23 heavy (non-hydrogen) atoms. The van der Waals surface area contributed by atoms with Gasteiger partial charge in [0.1, 0.15) is 6.61 Å². The smallest absolute Gasteiger partial charge is 0.410 e. The molecule has 0 aromatic heterocycles. The van der Waals surface area contributed by atoms with Crippen molar-refractivity contribution in [1.29, 1.82) is 0 Å². The van der Waals surface area contributed by atoms with Gasteiger partial charge in [-0.3, -0.25) is 10.1 Å². The SMILES string of the molecule is CC(NC(=O)OCc1ccccc1)OC(=O)Cc1ccccc1. The molecule has 120 valence electrons. The van der Waals surface area contributed by atoms with E-state index in [0.29, 0.717) is 0 Å². The molecule has 2 aromatic rings. The molecule has 0 aliphatic carbocycles. The van der Waals surface area contributed by atoms with Crippen LogP contribution in [0.25, 0.3) is 0 Å². The van der Waals surface area contributed by atoms with Gasteiger partial charge in [-0.25, -0.2) is 4.79 Å². The summed E-state index contributed by atoms with van der Waals surface area (Å²) in [6, 6.07) is 18.6. The van der Waals surface area contributed by atoms with Gasteiger partial charge in [0.05, 0.1) is 6.42 Å². The first kappa shape index (κ1) is 16.5. The second kappa shape index (κ2) is 8.58. The van der Waals surface area contributed by atoms with Crippen LogP contribution in [0.15, 0.2) is 60.7 Å². The van der Waals surface area contributed by atoms with Crippen LogP contribution in [-0.2, 0) is 27.3 Å². The number of esters is 1. The Morgan fingerprint density at radius 1 is 0.957 bits per heavy atom. The third kappa shape index (κ3) is 6.22. The summed E-state index contributed by atoms with van der Waals surface area (Å²) >= 11 is 0. The summed E-state index contributed by atoms with van der Waals surface area (Å²) in [5.41, 5.74) is 1.74. The lowest BCUT2D eigenvalue weighted by molar-refractivity contribution is -0.148. The van der Waals surface area contributed by atoms with Gasteiger partial charge < -0.3 is 9.47 Å². The van der Waals surface area contributed by atoms with E-state index in [4.69, 9.17) is 9.47 Å². The van der Waals surface area contributed by atoms with Crippen molar-refractivity contribution in [1.82, 2.24) is 5.32 Å². The third-order valence-electron chi connectivity index (χ3n) is 3.03. The number of rotatable bonds is 6. The Kier molecular flexibility index (Phi) is 6.17. The molecule has 1 atom stereocenters. The molecular weight excluding hydrogens is 294 g/mol. The Hall–Kier alpha value is -2.82. The van der Waals surface area contributed by atoms with Gasteiger partial charge in [-0.1, -0.05) is 60.7 Å². The van der Waals surface area contributed by atoms with Crippen molar-refractivity contribution in [3.8, 4) is 0 Å². The van der Waals surface area contributed by atoms with Crippen LogP contribution < -0.4 is 5.32 Å². The zero-order valence-electron chi connectivity index (χ0n) is 12.9. The van der Waals surface area contributed by atoms with Gasteiger partial charge in [-0.2, -0.15) is 0 Å². The summed E-state index contributed by atoms with van der Waals surface area (Å²) < 4.78 is 10.2. The molecule has 0 bridgehead atoms. The van der Waals surface area contributed by atoms with E-state index in [1.807, 2.05) is 60.7 Å². The maximum absolute atomic E-state index is 11.8. The molecule has 2 rings (SSSR count). The molecule has 0 saturated carbocycles. The number of benzene rings is 2. The van der Waals surface area contributed by atoms with Gasteiger partial charge in [0.25, 0.3) is 0 Å². The van der Waals surface area contributed by atoms with Crippen molar-refractivity contribution in [2.45, 2.75) is 26.2 Å². The Morgan fingerprint density at radius 3 is 2.13 bits per heavy atom. The highest BCUT2D eigenvalue weighted by Gasteiger charge is 2.13. The molecule has 1 amide bonds. The number of hydrogen-bond donors (Lipinski definition) is 1. The molecule has 0 spiro atoms. The topological polar surface area (TPSA) is 64.6 Å². The number of amides is 1. The van der Waals surface area contributed by atoms with E-state index in [-0.39, 0.29) is 13.0 Å². The van der Waals surface area contributed by atoms with Gasteiger partial charge >= 0.3 is 12.1 Å². The predicted octanol–water partition coefficient (Wildman–Crippen LogP) is 3.04. The summed E-state index contributed by atoms with van der Waals surface area (Å²) in [4.78, 5) is 23.4. The van der Waals surface area contributed by atoms with Crippen LogP contribution in [0.2, 0.25) is 0 Å². The Morgan fingerprint density at radius 2 is 1.52 bits per heavy atom. The first-order chi connectivity index (χ1) is 11.1. The second-order valence-electron chi connectivity index (χ2n) is 5.00. The molecule has 1 unspecified atom stereocenters.